The number of rotatable bonds is 2. The number of piperidine rings is 1. The first-order valence-electron chi connectivity index (χ1n) is 6.42. The van der Waals surface area contributed by atoms with Crippen molar-refractivity contribution in [3.05, 3.63) is 22.7 Å². The minimum Gasteiger partial charge on any atom is -0.503 e. The summed E-state index contributed by atoms with van der Waals surface area (Å²) in [5, 5.41) is 9.82. The summed E-state index contributed by atoms with van der Waals surface area (Å²) < 4.78 is 5.03. The van der Waals surface area contributed by atoms with Crippen molar-refractivity contribution >= 4 is 17.5 Å². The predicted octanol–water partition coefficient (Wildman–Crippen LogP) is 3.07. The smallest absolute Gasteiger partial charge is 0.254 e. The molecule has 1 aliphatic heterocycles. The van der Waals surface area contributed by atoms with Crippen molar-refractivity contribution in [2.45, 2.75) is 32.2 Å². The van der Waals surface area contributed by atoms with Crippen molar-refractivity contribution in [3.8, 4) is 11.5 Å². The Morgan fingerprint density at radius 1 is 1.47 bits per heavy atom. The maximum absolute atomic E-state index is 12.5. The third kappa shape index (κ3) is 2.78. The van der Waals surface area contributed by atoms with Gasteiger partial charge in [-0.25, -0.2) is 0 Å². The van der Waals surface area contributed by atoms with Crippen molar-refractivity contribution in [2.75, 3.05) is 13.7 Å². The van der Waals surface area contributed by atoms with Crippen molar-refractivity contribution < 1.29 is 14.6 Å². The van der Waals surface area contributed by atoms with Crippen LogP contribution in [0.5, 0.6) is 11.5 Å². The van der Waals surface area contributed by atoms with Gasteiger partial charge in [0.2, 0.25) is 0 Å². The van der Waals surface area contributed by atoms with E-state index >= 15 is 0 Å². The molecule has 2 rings (SSSR count). The molecule has 5 heteroatoms. The molecule has 0 unspecified atom stereocenters. The Morgan fingerprint density at radius 3 is 2.84 bits per heavy atom. The van der Waals surface area contributed by atoms with Crippen LogP contribution in [0.15, 0.2) is 12.1 Å². The number of ether oxygens (including phenoxy) is 1. The number of likely N-dealkylation sites (tertiary alicyclic amines) is 1. The maximum atomic E-state index is 12.5. The van der Waals surface area contributed by atoms with Crippen LogP contribution in [0.4, 0.5) is 0 Å². The fourth-order valence-corrected chi connectivity index (χ4v) is 2.63. The molecule has 1 amide bonds. The summed E-state index contributed by atoms with van der Waals surface area (Å²) in [6, 6.07) is 3.26. The molecule has 4 nitrogen and oxygen atoms in total. The number of carbonyl (C=O) groups excluding carboxylic acids is 1. The average Bonchev–Trinajstić information content (AvgIpc) is 2.41. The van der Waals surface area contributed by atoms with E-state index in [1.54, 1.807) is 0 Å². The Kier molecular flexibility index (Phi) is 4.20. The standard InChI is InChI=1S/C14H18ClNO3/c1-9-5-3-4-6-16(9)14(18)10-7-11(15)13(17)12(8-10)19-2/h7-9,17H,3-6H2,1-2H3/t9-/m0/s1. The molecule has 0 aliphatic carbocycles. The predicted molar refractivity (Wildman–Crippen MR) is 74.0 cm³/mol. The Balaban J connectivity index is 2.30. The molecule has 1 saturated heterocycles. The third-order valence-corrected chi connectivity index (χ3v) is 3.85. The lowest BCUT2D eigenvalue weighted by Crippen LogP contribution is -2.42. The Hall–Kier alpha value is -1.42. The second kappa shape index (κ2) is 5.70. The average molecular weight is 284 g/mol. The van der Waals surface area contributed by atoms with Crippen molar-refractivity contribution in [1.82, 2.24) is 4.90 Å². The van der Waals surface area contributed by atoms with Crippen molar-refractivity contribution in [2.24, 2.45) is 0 Å². The maximum Gasteiger partial charge on any atom is 0.254 e. The summed E-state index contributed by atoms with van der Waals surface area (Å²) in [7, 11) is 1.43. The first-order valence-corrected chi connectivity index (χ1v) is 6.80. The van der Waals surface area contributed by atoms with Gasteiger partial charge in [-0.2, -0.15) is 0 Å². The van der Waals surface area contributed by atoms with Gasteiger partial charge in [-0.05, 0) is 38.3 Å². The summed E-state index contributed by atoms with van der Waals surface area (Å²) in [4.78, 5) is 14.3. The van der Waals surface area contributed by atoms with Crippen LogP contribution in [0, 0.1) is 0 Å². The van der Waals surface area contributed by atoms with Gasteiger partial charge in [-0.3, -0.25) is 4.79 Å². The fraction of sp³-hybridized carbons (Fsp3) is 0.500. The number of nitrogens with zero attached hydrogens (tertiary/aromatic N) is 1. The van der Waals surface area contributed by atoms with E-state index in [4.69, 9.17) is 16.3 Å². The molecule has 1 N–H and O–H groups in total. The number of halogens is 1. The molecule has 104 valence electrons. The number of aromatic hydroxyl groups is 1. The molecule has 1 aromatic carbocycles. The molecule has 1 fully saturated rings. The van der Waals surface area contributed by atoms with Crippen LogP contribution in [-0.2, 0) is 0 Å². The van der Waals surface area contributed by atoms with Crippen LogP contribution in [0.2, 0.25) is 5.02 Å². The van der Waals surface area contributed by atoms with Crippen molar-refractivity contribution in [3.63, 3.8) is 0 Å². The first-order chi connectivity index (χ1) is 9.04. The molecule has 0 aromatic heterocycles. The first kappa shape index (κ1) is 14.0. The number of carbonyl (C=O) groups is 1. The second-order valence-electron chi connectivity index (χ2n) is 4.85. The van der Waals surface area contributed by atoms with E-state index in [0.717, 1.165) is 25.8 Å². The second-order valence-corrected chi connectivity index (χ2v) is 5.26. The zero-order valence-electron chi connectivity index (χ0n) is 11.1. The normalized spacial score (nSPS) is 19.3. The van der Waals surface area contributed by atoms with Crippen LogP contribution in [0.1, 0.15) is 36.5 Å². The molecule has 1 aromatic rings. The largest absolute Gasteiger partial charge is 0.503 e. The van der Waals surface area contributed by atoms with Crippen LogP contribution in [-0.4, -0.2) is 35.6 Å². The van der Waals surface area contributed by atoms with E-state index in [2.05, 4.69) is 6.92 Å². The van der Waals surface area contributed by atoms with E-state index in [0.29, 0.717) is 5.56 Å². The molecule has 0 radical (unpaired) electrons. The van der Waals surface area contributed by atoms with E-state index < -0.39 is 0 Å². The highest BCUT2D eigenvalue weighted by Gasteiger charge is 2.25. The molecule has 19 heavy (non-hydrogen) atoms. The molecule has 0 saturated carbocycles. The SMILES string of the molecule is COc1cc(C(=O)N2CCCC[C@@H]2C)cc(Cl)c1O. The molecular formula is C14H18ClNO3. The number of benzene rings is 1. The fourth-order valence-electron chi connectivity index (χ4n) is 2.42. The van der Waals surface area contributed by atoms with Gasteiger partial charge in [-0.15, -0.1) is 0 Å². The van der Waals surface area contributed by atoms with Crippen LogP contribution in [0.3, 0.4) is 0 Å². The monoisotopic (exact) mass is 283 g/mol. The number of hydrogen-bond acceptors (Lipinski definition) is 3. The van der Waals surface area contributed by atoms with E-state index in [-0.39, 0.29) is 28.5 Å². The lowest BCUT2D eigenvalue weighted by atomic mass is 10.0. The summed E-state index contributed by atoms with van der Waals surface area (Å²) in [6.07, 6.45) is 3.21. The molecule has 1 aliphatic rings. The molecule has 0 spiro atoms. The highest BCUT2D eigenvalue weighted by Crippen LogP contribution is 2.35. The van der Waals surface area contributed by atoms with E-state index in [9.17, 15) is 9.90 Å². The van der Waals surface area contributed by atoms with Crippen LogP contribution >= 0.6 is 11.6 Å². The van der Waals surface area contributed by atoms with Crippen LogP contribution < -0.4 is 4.74 Å². The third-order valence-electron chi connectivity index (χ3n) is 3.56. The quantitative estimate of drug-likeness (QED) is 0.907. The van der Waals surface area contributed by atoms with Gasteiger partial charge < -0.3 is 14.7 Å². The Morgan fingerprint density at radius 2 is 2.21 bits per heavy atom. The Bertz CT molecular complexity index is 490. The van der Waals surface area contributed by atoms with Gasteiger partial charge in [0.05, 0.1) is 12.1 Å². The molecule has 1 heterocycles. The van der Waals surface area contributed by atoms with E-state index in [1.165, 1.54) is 19.2 Å². The minimum absolute atomic E-state index is 0.0626. The number of phenols is 1. The Labute approximate surface area is 117 Å². The highest BCUT2D eigenvalue weighted by molar-refractivity contribution is 6.32. The van der Waals surface area contributed by atoms with Crippen LogP contribution in [0.25, 0.3) is 0 Å². The van der Waals surface area contributed by atoms with Gasteiger partial charge >= 0.3 is 0 Å². The molecule has 0 bridgehead atoms. The van der Waals surface area contributed by atoms with Gasteiger partial charge in [0.25, 0.3) is 5.91 Å². The van der Waals surface area contributed by atoms with Crippen molar-refractivity contribution in [1.29, 1.82) is 0 Å². The number of hydrogen-bond donors (Lipinski definition) is 1. The van der Waals surface area contributed by atoms with E-state index in [1.807, 2.05) is 4.90 Å². The molecular weight excluding hydrogens is 266 g/mol. The van der Waals surface area contributed by atoms with Gasteiger partial charge in [0.1, 0.15) is 0 Å². The van der Waals surface area contributed by atoms with Gasteiger partial charge in [0, 0.05) is 18.2 Å². The summed E-state index contributed by atoms with van der Waals surface area (Å²) in [6.45, 7) is 2.82. The zero-order valence-corrected chi connectivity index (χ0v) is 11.9. The molecule has 1 atom stereocenters. The summed E-state index contributed by atoms with van der Waals surface area (Å²) >= 11 is 5.92. The highest BCUT2D eigenvalue weighted by atomic mass is 35.5. The minimum atomic E-state index is -0.132. The topological polar surface area (TPSA) is 49.8 Å². The lowest BCUT2D eigenvalue weighted by Gasteiger charge is -2.33. The summed E-state index contributed by atoms with van der Waals surface area (Å²) in [5.41, 5.74) is 0.452. The van der Waals surface area contributed by atoms with Gasteiger partial charge in [-0.1, -0.05) is 11.6 Å². The lowest BCUT2D eigenvalue weighted by molar-refractivity contribution is 0.0635. The summed E-state index contributed by atoms with van der Waals surface area (Å²) in [5.74, 6) is 0.0281. The number of phenolic OH excluding ortho intramolecular Hbond substituents is 1. The van der Waals surface area contributed by atoms with Gasteiger partial charge in [0.15, 0.2) is 11.5 Å². The zero-order chi connectivity index (χ0) is 14.0. The number of amides is 1. The number of methoxy groups -OCH3 is 1.